The third-order valence-electron chi connectivity index (χ3n) is 0.844. The van der Waals surface area contributed by atoms with Crippen molar-refractivity contribution in [2.24, 2.45) is 0 Å². The highest BCUT2D eigenvalue weighted by Gasteiger charge is 1.73. The molecule has 1 N–H and O–H groups in total. The van der Waals surface area contributed by atoms with Crippen LogP contribution in [0.3, 0.4) is 0 Å². The van der Waals surface area contributed by atoms with E-state index in [1.54, 1.807) is 21.3 Å². The maximum absolute atomic E-state index is 9.70. The highest BCUT2D eigenvalue weighted by molar-refractivity contribution is 5.72. The molecule has 1 amide bonds. The Balaban J connectivity index is 0. The van der Waals surface area contributed by atoms with E-state index in [1.165, 1.54) is 6.92 Å². The first-order valence-electron chi connectivity index (χ1n) is 3.35. The summed E-state index contributed by atoms with van der Waals surface area (Å²) in [5.74, 6) is 0.00463. The number of ether oxygens (including phenoxy) is 2. The van der Waals surface area contributed by atoms with Crippen molar-refractivity contribution in [2.45, 2.75) is 6.92 Å². The van der Waals surface area contributed by atoms with Gasteiger partial charge in [0.2, 0.25) is 5.91 Å². The lowest BCUT2D eigenvalue weighted by atomic mass is 10.7. The second kappa shape index (κ2) is 12.1. The molecule has 0 heterocycles. The summed E-state index contributed by atoms with van der Waals surface area (Å²) in [4.78, 5) is 9.70. The van der Waals surface area contributed by atoms with Gasteiger partial charge in [0, 0.05) is 28.2 Å². The van der Waals surface area contributed by atoms with Gasteiger partial charge in [-0.1, -0.05) is 0 Å². The zero-order valence-corrected chi connectivity index (χ0v) is 7.64. The Morgan fingerprint density at radius 3 is 1.64 bits per heavy atom. The van der Waals surface area contributed by atoms with Gasteiger partial charge in [0.15, 0.2) is 0 Å². The first kappa shape index (κ1) is 13.0. The second-order valence-corrected chi connectivity index (χ2v) is 1.79. The van der Waals surface area contributed by atoms with Gasteiger partial charge >= 0.3 is 0 Å². The molecule has 0 aromatic carbocycles. The van der Waals surface area contributed by atoms with Gasteiger partial charge in [0.05, 0.1) is 13.2 Å². The molecule has 0 rings (SSSR count). The van der Waals surface area contributed by atoms with Crippen LogP contribution in [0.2, 0.25) is 0 Å². The molecule has 68 valence electrons. The van der Waals surface area contributed by atoms with E-state index >= 15 is 0 Å². The summed E-state index contributed by atoms with van der Waals surface area (Å²) < 4.78 is 9.31. The summed E-state index contributed by atoms with van der Waals surface area (Å²) in [7, 11) is 4.90. The monoisotopic (exact) mass is 163 g/mol. The molecule has 4 nitrogen and oxygen atoms in total. The topological polar surface area (TPSA) is 47.6 Å². The standard InChI is InChI=1S/C4H10O2.C3H7NO/c1-5-3-4-6-2;1-3(5)4-2/h3-4H2,1-2H3;1-2H3,(H,4,5). The minimum absolute atomic E-state index is 0.00463. The molecule has 4 heteroatoms. The van der Waals surface area contributed by atoms with E-state index in [4.69, 9.17) is 0 Å². The summed E-state index contributed by atoms with van der Waals surface area (Å²) in [5.41, 5.74) is 0. The third kappa shape index (κ3) is 26.6. The number of hydrogen-bond acceptors (Lipinski definition) is 3. The first-order chi connectivity index (χ1) is 5.18. The number of hydrogen-bond donors (Lipinski definition) is 1. The molecule has 0 aromatic heterocycles. The summed E-state index contributed by atoms with van der Waals surface area (Å²) in [6.45, 7) is 2.85. The fraction of sp³-hybridized carbons (Fsp3) is 0.857. The molecule has 0 atom stereocenters. The zero-order valence-electron chi connectivity index (χ0n) is 7.64. The lowest BCUT2D eigenvalue weighted by Crippen LogP contribution is -2.11. The molecule has 0 saturated carbocycles. The van der Waals surface area contributed by atoms with Crippen LogP contribution in [0.15, 0.2) is 0 Å². The van der Waals surface area contributed by atoms with E-state index in [-0.39, 0.29) is 5.91 Å². The van der Waals surface area contributed by atoms with Crippen LogP contribution in [0.5, 0.6) is 0 Å². The van der Waals surface area contributed by atoms with Crippen LogP contribution in [0.25, 0.3) is 0 Å². The summed E-state index contributed by atoms with van der Waals surface area (Å²) in [5, 5.41) is 2.39. The van der Waals surface area contributed by atoms with E-state index in [0.717, 1.165) is 0 Å². The van der Waals surface area contributed by atoms with Gasteiger partial charge < -0.3 is 14.8 Å². The van der Waals surface area contributed by atoms with Crippen molar-refractivity contribution >= 4 is 5.91 Å². The van der Waals surface area contributed by atoms with E-state index in [0.29, 0.717) is 13.2 Å². The van der Waals surface area contributed by atoms with Crippen molar-refractivity contribution in [3.05, 3.63) is 0 Å². The summed E-state index contributed by atoms with van der Waals surface area (Å²) in [6, 6.07) is 0. The molecule has 0 aromatic rings. The molecule has 11 heavy (non-hydrogen) atoms. The van der Waals surface area contributed by atoms with Gasteiger partial charge in [0.25, 0.3) is 0 Å². The predicted molar refractivity (Wildman–Crippen MR) is 43.5 cm³/mol. The lowest BCUT2D eigenvalue weighted by molar-refractivity contribution is -0.118. The second-order valence-electron chi connectivity index (χ2n) is 1.79. The SMILES string of the molecule is CNC(C)=O.COCCOC. The van der Waals surface area contributed by atoms with Gasteiger partial charge in [-0.05, 0) is 0 Å². The van der Waals surface area contributed by atoms with Gasteiger partial charge in [-0.2, -0.15) is 0 Å². The maximum atomic E-state index is 9.70. The number of nitrogens with one attached hydrogen (secondary N) is 1. The van der Waals surface area contributed by atoms with Crippen LogP contribution in [-0.4, -0.2) is 40.4 Å². The Hall–Kier alpha value is -0.610. The van der Waals surface area contributed by atoms with Crippen LogP contribution in [0.4, 0.5) is 0 Å². The van der Waals surface area contributed by atoms with Gasteiger partial charge in [-0.15, -0.1) is 0 Å². The number of carbonyl (C=O) groups is 1. The molecule has 0 fully saturated rings. The van der Waals surface area contributed by atoms with Crippen molar-refractivity contribution in [2.75, 3.05) is 34.5 Å². The van der Waals surface area contributed by atoms with Crippen LogP contribution in [0, 0.1) is 0 Å². The Kier molecular flexibility index (Phi) is 14.3. The lowest BCUT2D eigenvalue weighted by Gasteiger charge is -1.91. The third-order valence-corrected chi connectivity index (χ3v) is 0.844. The molecular weight excluding hydrogens is 146 g/mol. The number of amides is 1. The van der Waals surface area contributed by atoms with E-state index in [2.05, 4.69) is 14.8 Å². The average molecular weight is 163 g/mol. The average Bonchev–Trinajstić information content (AvgIpc) is 2.02. The van der Waals surface area contributed by atoms with E-state index in [1.807, 2.05) is 0 Å². The summed E-state index contributed by atoms with van der Waals surface area (Å²) in [6.07, 6.45) is 0. The van der Waals surface area contributed by atoms with Crippen molar-refractivity contribution < 1.29 is 14.3 Å². The minimum atomic E-state index is 0.00463. The number of methoxy groups -OCH3 is 2. The largest absolute Gasteiger partial charge is 0.382 e. The van der Waals surface area contributed by atoms with Crippen LogP contribution in [-0.2, 0) is 14.3 Å². The minimum Gasteiger partial charge on any atom is -0.382 e. The molecule has 0 aliphatic rings. The highest BCUT2D eigenvalue weighted by Crippen LogP contribution is 1.65. The molecule has 0 bridgehead atoms. The Bertz CT molecular complexity index is 81.8. The zero-order chi connectivity index (χ0) is 9.11. The van der Waals surface area contributed by atoms with E-state index in [9.17, 15) is 4.79 Å². The normalized spacial score (nSPS) is 8.00. The number of carbonyl (C=O) groups excluding carboxylic acids is 1. The highest BCUT2D eigenvalue weighted by atomic mass is 16.5. The van der Waals surface area contributed by atoms with Crippen LogP contribution in [0.1, 0.15) is 6.92 Å². The fourth-order valence-electron chi connectivity index (χ4n) is 0.167. The van der Waals surface area contributed by atoms with E-state index < -0.39 is 0 Å². The van der Waals surface area contributed by atoms with Gasteiger partial charge in [-0.3, -0.25) is 4.79 Å². The fourth-order valence-corrected chi connectivity index (χ4v) is 0.167. The molecular formula is C7H17NO3. The molecule has 0 spiro atoms. The van der Waals surface area contributed by atoms with Crippen molar-refractivity contribution in [3.63, 3.8) is 0 Å². The van der Waals surface area contributed by atoms with Crippen LogP contribution < -0.4 is 5.32 Å². The Morgan fingerprint density at radius 1 is 1.27 bits per heavy atom. The summed E-state index contributed by atoms with van der Waals surface area (Å²) >= 11 is 0. The molecule has 0 aliphatic heterocycles. The smallest absolute Gasteiger partial charge is 0.216 e. The Morgan fingerprint density at radius 2 is 1.55 bits per heavy atom. The van der Waals surface area contributed by atoms with Crippen molar-refractivity contribution in [1.82, 2.24) is 5.32 Å². The van der Waals surface area contributed by atoms with Gasteiger partial charge in [-0.25, -0.2) is 0 Å². The quantitative estimate of drug-likeness (QED) is 0.597. The van der Waals surface area contributed by atoms with Crippen molar-refractivity contribution in [3.8, 4) is 0 Å². The van der Waals surface area contributed by atoms with Crippen LogP contribution >= 0.6 is 0 Å². The predicted octanol–water partition coefficient (Wildman–Crippen LogP) is 0.0315. The number of rotatable bonds is 3. The van der Waals surface area contributed by atoms with Crippen molar-refractivity contribution in [1.29, 1.82) is 0 Å². The molecule has 0 unspecified atom stereocenters. The molecule has 0 saturated heterocycles. The maximum Gasteiger partial charge on any atom is 0.216 e. The first-order valence-corrected chi connectivity index (χ1v) is 3.35. The molecule has 0 radical (unpaired) electrons. The molecule has 0 aliphatic carbocycles. The van der Waals surface area contributed by atoms with Gasteiger partial charge in [0.1, 0.15) is 0 Å². The Labute approximate surface area is 67.9 Å².